The van der Waals surface area contributed by atoms with Gasteiger partial charge in [0.1, 0.15) is 4.99 Å². The van der Waals surface area contributed by atoms with E-state index in [9.17, 15) is 10.1 Å². The largest absolute Gasteiger partial charge is 0.454 e. The van der Waals surface area contributed by atoms with Crippen molar-refractivity contribution in [3.05, 3.63) is 63.7 Å². The summed E-state index contributed by atoms with van der Waals surface area (Å²) in [6, 6.07) is 11.9. The third kappa shape index (κ3) is 2.99. The zero-order chi connectivity index (χ0) is 15.5. The SMILES string of the molecule is O=[N+]([O-])c1cccc(C(=S)NCc2ccc3c(c2)OCO3)c1. The number of nitro groups is 1. The molecule has 1 aliphatic heterocycles. The molecule has 1 heterocycles. The third-order valence-electron chi connectivity index (χ3n) is 3.21. The van der Waals surface area contributed by atoms with E-state index in [1.807, 2.05) is 18.2 Å². The number of nitrogens with one attached hydrogen (secondary N) is 1. The molecule has 2 aromatic carbocycles. The molecule has 7 heteroatoms. The van der Waals surface area contributed by atoms with Crippen molar-refractivity contribution in [2.24, 2.45) is 0 Å². The molecule has 22 heavy (non-hydrogen) atoms. The number of nitro benzene ring substituents is 1. The monoisotopic (exact) mass is 316 g/mol. The van der Waals surface area contributed by atoms with Crippen LogP contribution in [-0.2, 0) is 6.54 Å². The molecule has 0 spiro atoms. The minimum absolute atomic E-state index is 0.0183. The number of thiocarbonyl (C=S) groups is 1. The van der Waals surface area contributed by atoms with E-state index < -0.39 is 4.92 Å². The lowest BCUT2D eigenvalue weighted by Crippen LogP contribution is -2.21. The Morgan fingerprint density at radius 1 is 1.23 bits per heavy atom. The van der Waals surface area contributed by atoms with Crippen LogP contribution in [0.2, 0.25) is 0 Å². The topological polar surface area (TPSA) is 73.6 Å². The minimum atomic E-state index is -0.441. The van der Waals surface area contributed by atoms with Crippen molar-refractivity contribution in [2.75, 3.05) is 6.79 Å². The number of hydrogen-bond acceptors (Lipinski definition) is 5. The summed E-state index contributed by atoms with van der Waals surface area (Å²) < 4.78 is 10.6. The van der Waals surface area contributed by atoms with Gasteiger partial charge in [-0.2, -0.15) is 0 Å². The maximum absolute atomic E-state index is 10.8. The summed E-state index contributed by atoms with van der Waals surface area (Å²) in [6.45, 7) is 0.733. The van der Waals surface area contributed by atoms with Crippen LogP contribution >= 0.6 is 12.2 Å². The summed E-state index contributed by atoms with van der Waals surface area (Å²) >= 11 is 5.28. The van der Waals surface area contributed by atoms with Gasteiger partial charge in [0.05, 0.1) is 4.92 Å². The highest BCUT2D eigenvalue weighted by molar-refractivity contribution is 7.80. The summed E-state index contributed by atoms with van der Waals surface area (Å²) in [4.78, 5) is 10.8. The van der Waals surface area contributed by atoms with Crippen LogP contribution in [0.25, 0.3) is 0 Å². The molecule has 0 fully saturated rings. The van der Waals surface area contributed by atoms with Crippen molar-refractivity contribution >= 4 is 22.9 Å². The van der Waals surface area contributed by atoms with Gasteiger partial charge in [-0.25, -0.2) is 0 Å². The van der Waals surface area contributed by atoms with Gasteiger partial charge in [-0.15, -0.1) is 0 Å². The van der Waals surface area contributed by atoms with Crippen molar-refractivity contribution in [3.63, 3.8) is 0 Å². The Bertz CT molecular complexity index is 748. The number of fused-ring (bicyclic) bond motifs is 1. The number of rotatable bonds is 4. The summed E-state index contributed by atoms with van der Waals surface area (Å²) in [7, 11) is 0. The van der Waals surface area contributed by atoms with E-state index in [1.165, 1.54) is 12.1 Å². The van der Waals surface area contributed by atoms with Crippen LogP contribution in [0, 0.1) is 10.1 Å². The van der Waals surface area contributed by atoms with Crippen LogP contribution in [0.1, 0.15) is 11.1 Å². The number of nitrogens with zero attached hydrogens (tertiary/aromatic N) is 1. The Balaban J connectivity index is 1.67. The molecule has 0 radical (unpaired) electrons. The lowest BCUT2D eigenvalue weighted by atomic mass is 10.1. The zero-order valence-corrected chi connectivity index (χ0v) is 12.3. The lowest BCUT2D eigenvalue weighted by Gasteiger charge is -2.08. The first-order valence-corrected chi connectivity index (χ1v) is 6.95. The molecule has 0 saturated carbocycles. The molecule has 0 aromatic heterocycles. The van der Waals surface area contributed by atoms with Crippen molar-refractivity contribution in [1.82, 2.24) is 5.32 Å². The maximum atomic E-state index is 10.8. The minimum Gasteiger partial charge on any atom is -0.454 e. The van der Waals surface area contributed by atoms with E-state index >= 15 is 0 Å². The molecule has 3 rings (SSSR count). The Labute approximate surface area is 131 Å². The van der Waals surface area contributed by atoms with Gasteiger partial charge >= 0.3 is 0 Å². The first-order chi connectivity index (χ1) is 10.6. The number of ether oxygens (including phenoxy) is 2. The predicted octanol–water partition coefficient (Wildman–Crippen LogP) is 2.79. The first kappa shape index (κ1) is 14.3. The van der Waals surface area contributed by atoms with E-state index in [1.54, 1.807) is 12.1 Å². The normalized spacial score (nSPS) is 12.0. The first-order valence-electron chi connectivity index (χ1n) is 6.54. The Morgan fingerprint density at radius 3 is 2.86 bits per heavy atom. The van der Waals surface area contributed by atoms with Gasteiger partial charge in [-0.05, 0) is 17.7 Å². The van der Waals surface area contributed by atoms with Gasteiger partial charge in [-0.3, -0.25) is 10.1 Å². The van der Waals surface area contributed by atoms with Crippen LogP contribution in [0.4, 0.5) is 5.69 Å². The maximum Gasteiger partial charge on any atom is 0.270 e. The van der Waals surface area contributed by atoms with Gasteiger partial charge in [0.25, 0.3) is 5.69 Å². The summed E-state index contributed by atoms with van der Waals surface area (Å²) in [5.74, 6) is 1.44. The van der Waals surface area contributed by atoms with Crippen LogP contribution in [0.5, 0.6) is 11.5 Å². The standard InChI is InChI=1S/C15H12N2O4S/c18-17(19)12-3-1-2-11(7-12)15(22)16-8-10-4-5-13-14(6-10)21-9-20-13/h1-7H,8-9H2,(H,16,22). The third-order valence-corrected chi connectivity index (χ3v) is 3.59. The lowest BCUT2D eigenvalue weighted by molar-refractivity contribution is -0.384. The van der Waals surface area contributed by atoms with Gasteiger partial charge in [0.15, 0.2) is 11.5 Å². The molecule has 0 aliphatic carbocycles. The smallest absolute Gasteiger partial charge is 0.270 e. The fourth-order valence-electron chi connectivity index (χ4n) is 2.10. The summed E-state index contributed by atoms with van der Waals surface area (Å²) in [5, 5.41) is 13.9. The highest BCUT2D eigenvalue weighted by Crippen LogP contribution is 2.32. The number of hydrogen-bond donors (Lipinski definition) is 1. The fraction of sp³-hybridized carbons (Fsp3) is 0.133. The molecule has 0 saturated heterocycles. The zero-order valence-electron chi connectivity index (χ0n) is 11.4. The van der Waals surface area contributed by atoms with Crippen molar-refractivity contribution in [3.8, 4) is 11.5 Å². The van der Waals surface area contributed by atoms with Gasteiger partial charge in [0, 0.05) is 24.2 Å². The summed E-state index contributed by atoms with van der Waals surface area (Å²) in [5.41, 5.74) is 1.62. The second kappa shape index (κ2) is 5.98. The van der Waals surface area contributed by atoms with Gasteiger partial charge in [0.2, 0.25) is 6.79 Å². The molecule has 1 aliphatic rings. The molecule has 1 N–H and O–H groups in total. The summed E-state index contributed by atoms with van der Waals surface area (Å²) in [6.07, 6.45) is 0. The van der Waals surface area contributed by atoms with Crippen LogP contribution in [0.3, 0.4) is 0 Å². The van der Waals surface area contributed by atoms with Crippen LogP contribution in [-0.4, -0.2) is 16.7 Å². The average molecular weight is 316 g/mol. The van der Waals surface area contributed by atoms with Crippen molar-refractivity contribution < 1.29 is 14.4 Å². The molecule has 0 amide bonds. The van der Waals surface area contributed by atoms with Crippen molar-refractivity contribution in [1.29, 1.82) is 0 Å². The predicted molar refractivity (Wildman–Crippen MR) is 84.2 cm³/mol. The molecule has 6 nitrogen and oxygen atoms in total. The molecule has 0 unspecified atom stereocenters. The highest BCUT2D eigenvalue weighted by atomic mass is 32.1. The second-order valence-corrected chi connectivity index (χ2v) is 5.09. The van der Waals surface area contributed by atoms with E-state index in [0.29, 0.717) is 22.8 Å². The Hall–Kier alpha value is -2.67. The van der Waals surface area contributed by atoms with E-state index in [-0.39, 0.29) is 12.5 Å². The molecular formula is C15H12N2O4S. The van der Waals surface area contributed by atoms with E-state index in [2.05, 4.69) is 5.32 Å². The molecule has 112 valence electrons. The quantitative estimate of drug-likeness (QED) is 0.531. The van der Waals surface area contributed by atoms with Gasteiger partial charge in [-0.1, -0.05) is 30.4 Å². The molecule has 0 atom stereocenters. The highest BCUT2D eigenvalue weighted by Gasteiger charge is 2.13. The van der Waals surface area contributed by atoms with Gasteiger partial charge < -0.3 is 14.8 Å². The second-order valence-electron chi connectivity index (χ2n) is 4.68. The molecule has 2 aromatic rings. The molecule has 0 bridgehead atoms. The van der Waals surface area contributed by atoms with E-state index in [0.717, 1.165) is 11.3 Å². The number of benzene rings is 2. The van der Waals surface area contributed by atoms with E-state index in [4.69, 9.17) is 21.7 Å². The fourth-order valence-corrected chi connectivity index (χ4v) is 2.30. The van der Waals surface area contributed by atoms with Crippen LogP contribution in [0.15, 0.2) is 42.5 Å². The average Bonchev–Trinajstić information content (AvgIpc) is 3.00. The number of non-ortho nitro benzene ring substituents is 1. The van der Waals surface area contributed by atoms with Crippen LogP contribution < -0.4 is 14.8 Å². The Kier molecular flexibility index (Phi) is 3.88. The Morgan fingerprint density at radius 2 is 2.05 bits per heavy atom. The molecular weight excluding hydrogens is 304 g/mol. The van der Waals surface area contributed by atoms with Crippen molar-refractivity contribution in [2.45, 2.75) is 6.54 Å².